The first-order chi connectivity index (χ1) is 6.12. The number of aliphatic hydroxyl groups is 1. The van der Waals surface area contributed by atoms with Gasteiger partial charge in [0.25, 0.3) is 0 Å². The lowest BCUT2D eigenvalue weighted by atomic mass is 9.94. The van der Waals surface area contributed by atoms with Gasteiger partial charge in [0.15, 0.2) is 0 Å². The molecule has 1 unspecified atom stereocenters. The van der Waals surface area contributed by atoms with E-state index in [1.54, 1.807) is 0 Å². The first-order valence-corrected chi connectivity index (χ1v) is 4.86. The molecule has 70 valence electrons. The summed E-state index contributed by atoms with van der Waals surface area (Å²) in [4.78, 5) is 0. The van der Waals surface area contributed by atoms with Gasteiger partial charge in [0.05, 0.1) is 6.10 Å². The lowest BCUT2D eigenvalue weighted by Crippen LogP contribution is -2.09. The van der Waals surface area contributed by atoms with Crippen molar-refractivity contribution in [2.45, 2.75) is 32.8 Å². The van der Waals surface area contributed by atoms with Crippen LogP contribution in [0.4, 0.5) is 0 Å². The molecule has 1 N–H and O–H groups in total. The number of rotatable bonds is 2. The fourth-order valence-electron chi connectivity index (χ4n) is 1.71. The highest BCUT2D eigenvalue weighted by atomic mass is 16.3. The summed E-state index contributed by atoms with van der Waals surface area (Å²) in [6.45, 7) is 4.21. The van der Waals surface area contributed by atoms with Crippen LogP contribution in [0, 0.1) is 12.3 Å². The maximum atomic E-state index is 10.0. The maximum absolute atomic E-state index is 10.0. The van der Waals surface area contributed by atoms with Crippen molar-refractivity contribution in [1.82, 2.24) is 0 Å². The van der Waals surface area contributed by atoms with E-state index in [-0.39, 0.29) is 11.5 Å². The molecule has 0 radical (unpaired) electrons. The lowest BCUT2D eigenvalue weighted by Gasteiger charge is -2.18. The molecule has 0 heterocycles. The summed E-state index contributed by atoms with van der Waals surface area (Å²) in [6, 6.07) is 8.17. The van der Waals surface area contributed by atoms with E-state index >= 15 is 0 Å². The fourth-order valence-corrected chi connectivity index (χ4v) is 1.71. The molecular formula is C12H16O. The van der Waals surface area contributed by atoms with Gasteiger partial charge in [0, 0.05) is 0 Å². The van der Waals surface area contributed by atoms with Gasteiger partial charge in [0.2, 0.25) is 0 Å². The van der Waals surface area contributed by atoms with Crippen molar-refractivity contribution in [3.63, 3.8) is 0 Å². The Morgan fingerprint density at radius 1 is 1.38 bits per heavy atom. The van der Waals surface area contributed by atoms with Gasteiger partial charge in [-0.2, -0.15) is 0 Å². The highest BCUT2D eigenvalue weighted by Crippen LogP contribution is 2.54. The molecule has 2 rings (SSSR count). The van der Waals surface area contributed by atoms with Crippen LogP contribution in [0.25, 0.3) is 0 Å². The highest BCUT2D eigenvalue weighted by Gasteiger charge is 2.44. The van der Waals surface area contributed by atoms with Crippen molar-refractivity contribution in [2.24, 2.45) is 5.41 Å². The third-order valence-electron chi connectivity index (χ3n) is 3.06. The molecule has 0 bridgehead atoms. The van der Waals surface area contributed by atoms with E-state index in [2.05, 4.69) is 26.0 Å². The molecule has 1 aromatic carbocycles. The number of benzene rings is 1. The second-order valence-corrected chi connectivity index (χ2v) is 4.47. The molecule has 13 heavy (non-hydrogen) atoms. The molecule has 0 saturated heterocycles. The van der Waals surface area contributed by atoms with E-state index in [9.17, 15) is 5.11 Å². The van der Waals surface area contributed by atoms with Crippen molar-refractivity contribution in [3.05, 3.63) is 35.4 Å². The normalized spacial score (nSPS) is 21.2. The molecule has 0 amide bonds. The van der Waals surface area contributed by atoms with Crippen LogP contribution in [0.3, 0.4) is 0 Å². The Labute approximate surface area is 79.4 Å². The Morgan fingerprint density at radius 2 is 2.08 bits per heavy atom. The van der Waals surface area contributed by atoms with E-state index < -0.39 is 0 Å². The Kier molecular flexibility index (Phi) is 1.92. The van der Waals surface area contributed by atoms with Crippen molar-refractivity contribution >= 4 is 0 Å². The highest BCUT2D eigenvalue weighted by molar-refractivity contribution is 5.26. The first kappa shape index (κ1) is 8.76. The van der Waals surface area contributed by atoms with Crippen molar-refractivity contribution in [2.75, 3.05) is 0 Å². The van der Waals surface area contributed by atoms with Gasteiger partial charge in [-0.15, -0.1) is 0 Å². The van der Waals surface area contributed by atoms with Gasteiger partial charge in [-0.1, -0.05) is 36.8 Å². The topological polar surface area (TPSA) is 20.2 Å². The lowest BCUT2D eigenvalue weighted by molar-refractivity contribution is 0.104. The van der Waals surface area contributed by atoms with Crippen LogP contribution in [0.2, 0.25) is 0 Å². The van der Waals surface area contributed by atoms with Crippen molar-refractivity contribution in [1.29, 1.82) is 0 Å². The zero-order valence-corrected chi connectivity index (χ0v) is 8.25. The molecule has 1 saturated carbocycles. The van der Waals surface area contributed by atoms with Crippen LogP contribution in [-0.2, 0) is 0 Å². The van der Waals surface area contributed by atoms with Gasteiger partial charge >= 0.3 is 0 Å². The minimum Gasteiger partial charge on any atom is -0.388 e. The summed E-state index contributed by atoms with van der Waals surface area (Å²) in [5.74, 6) is 0. The second kappa shape index (κ2) is 2.85. The molecule has 1 aliphatic carbocycles. The Hall–Kier alpha value is -0.820. The summed E-state index contributed by atoms with van der Waals surface area (Å²) in [7, 11) is 0. The zero-order valence-electron chi connectivity index (χ0n) is 8.25. The van der Waals surface area contributed by atoms with E-state index in [1.807, 2.05) is 12.1 Å². The molecule has 1 atom stereocenters. The van der Waals surface area contributed by atoms with Crippen LogP contribution < -0.4 is 0 Å². The molecule has 1 fully saturated rings. The fraction of sp³-hybridized carbons (Fsp3) is 0.500. The molecule has 1 aliphatic rings. The number of aryl methyl sites for hydroxylation is 1. The van der Waals surface area contributed by atoms with Gasteiger partial charge in [-0.05, 0) is 30.7 Å². The predicted molar refractivity (Wildman–Crippen MR) is 53.5 cm³/mol. The molecule has 1 aromatic rings. The van der Waals surface area contributed by atoms with Gasteiger partial charge in [-0.3, -0.25) is 0 Å². The van der Waals surface area contributed by atoms with E-state index in [0.717, 1.165) is 18.4 Å². The third-order valence-corrected chi connectivity index (χ3v) is 3.06. The third kappa shape index (κ3) is 1.61. The number of aliphatic hydroxyl groups excluding tert-OH is 1. The quantitative estimate of drug-likeness (QED) is 0.734. The molecule has 0 spiro atoms. The Bertz CT molecular complexity index is 313. The summed E-state index contributed by atoms with van der Waals surface area (Å²) >= 11 is 0. The van der Waals surface area contributed by atoms with Gasteiger partial charge in [-0.25, -0.2) is 0 Å². The van der Waals surface area contributed by atoms with E-state index in [4.69, 9.17) is 0 Å². The molecule has 0 aliphatic heterocycles. The number of hydrogen-bond acceptors (Lipinski definition) is 1. The Balaban J connectivity index is 2.25. The van der Waals surface area contributed by atoms with E-state index in [1.165, 1.54) is 5.56 Å². The maximum Gasteiger partial charge on any atom is 0.0843 e. The standard InChI is InChI=1S/C12H16O/c1-9-4-3-5-10(8-9)11(13)12(2)6-7-12/h3-5,8,11,13H,6-7H2,1-2H3. The monoisotopic (exact) mass is 176 g/mol. The van der Waals surface area contributed by atoms with E-state index in [0.29, 0.717) is 0 Å². The summed E-state index contributed by atoms with van der Waals surface area (Å²) in [5.41, 5.74) is 2.45. The van der Waals surface area contributed by atoms with Crippen LogP contribution in [0.1, 0.15) is 37.0 Å². The zero-order chi connectivity index (χ0) is 9.47. The average molecular weight is 176 g/mol. The second-order valence-electron chi connectivity index (χ2n) is 4.47. The largest absolute Gasteiger partial charge is 0.388 e. The SMILES string of the molecule is Cc1cccc(C(O)C2(C)CC2)c1. The molecular weight excluding hydrogens is 160 g/mol. The van der Waals surface area contributed by atoms with Crippen LogP contribution in [0.5, 0.6) is 0 Å². The number of hydrogen-bond donors (Lipinski definition) is 1. The smallest absolute Gasteiger partial charge is 0.0843 e. The molecule has 1 heteroatoms. The Morgan fingerprint density at radius 3 is 2.62 bits per heavy atom. The minimum atomic E-state index is -0.271. The van der Waals surface area contributed by atoms with Crippen molar-refractivity contribution in [3.8, 4) is 0 Å². The van der Waals surface area contributed by atoms with Crippen LogP contribution >= 0.6 is 0 Å². The van der Waals surface area contributed by atoms with Crippen LogP contribution in [-0.4, -0.2) is 5.11 Å². The van der Waals surface area contributed by atoms with Crippen LogP contribution in [0.15, 0.2) is 24.3 Å². The summed E-state index contributed by atoms with van der Waals surface area (Å²) in [5, 5.41) is 10.0. The minimum absolute atomic E-state index is 0.161. The van der Waals surface area contributed by atoms with Crippen molar-refractivity contribution < 1.29 is 5.11 Å². The summed E-state index contributed by atoms with van der Waals surface area (Å²) in [6.07, 6.45) is 2.04. The van der Waals surface area contributed by atoms with Gasteiger partial charge < -0.3 is 5.11 Å². The molecule has 1 nitrogen and oxygen atoms in total. The summed E-state index contributed by atoms with van der Waals surface area (Å²) < 4.78 is 0. The average Bonchev–Trinajstić information content (AvgIpc) is 2.84. The first-order valence-electron chi connectivity index (χ1n) is 4.86. The molecule has 0 aromatic heterocycles. The predicted octanol–water partition coefficient (Wildman–Crippen LogP) is 2.83. The van der Waals surface area contributed by atoms with Gasteiger partial charge in [0.1, 0.15) is 0 Å².